The highest BCUT2D eigenvalue weighted by atomic mass is 32.2. The normalized spacial score (nSPS) is 17.7. The number of amides is 1. The Morgan fingerprint density at radius 1 is 1.00 bits per heavy atom. The van der Waals surface area contributed by atoms with Crippen molar-refractivity contribution in [3.8, 4) is 0 Å². The fourth-order valence-corrected chi connectivity index (χ4v) is 6.09. The first kappa shape index (κ1) is 24.5. The van der Waals surface area contributed by atoms with Crippen LogP contribution in [0.5, 0.6) is 0 Å². The Morgan fingerprint density at radius 3 is 2.15 bits per heavy atom. The quantitative estimate of drug-likeness (QED) is 0.605. The number of carbonyl (C=O) groups excluding carboxylic acids is 1. The molecule has 2 aliphatic rings. The molecule has 1 aliphatic carbocycles. The standard InChI is InChI=1S/C24H28F3N3O3S/c1-18(31)28-13-15-29(16-14-28)20-9-11-22(12-10-20)34(32,33)30(21-6-4-7-21)17-19-5-2-3-8-23(19)24(25,26)27/h2-3,5,8-12,21H,4,6-7,13-17H2,1H3. The maximum Gasteiger partial charge on any atom is 0.416 e. The van der Waals surface area contributed by atoms with Crippen LogP contribution in [0.2, 0.25) is 0 Å². The summed E-state index contributed by atoms with van der Waals surface area (Å²) in [5, 5.41) is 0. The molecule has 0 spiro atoms. The Hall–Kier alpha value is -2.59. The molecule has 0 aromatic heterocycles. The number of sulfonamides is 1. The highest BCUT2D eigenvalue weighted by Gasteiger charge is 2.38. The predicted molar refractivity (Wildman–Crippen MR) is 123 cm³/mol. The van der Waals surface area contributed by atoms with Crippen molar-refractivity contribution in [2.75, 3.05) is 31.1 Å². The molecule has 0 N–H and O–H groups in total. The minimum absolute atomic E-state index is 0.0317. The lowest BCUT2D eigenvalue weighted by atomic mass is 9.92. The molecule has 10 heteroatoms. The second-order valence-corrected chi connectivity index (χ2v) is 10.7. The van der Waals surface area contributed by atoms with Crippen molar-refractivity contribution in [3.05, 3.63) is 59.7 Å². The van der Waals surface area contributed by atoms with Crippen LogP contribution in [0, 0.1) is 0 Å². The van der Waals surface area contributed by atoms with Gasteiger partial charge in [-0.3, -0.25) is 4.79 Å². The first-order chi connectivity index (χ1) is 16.1. The fourth-order valence-electron chi connectivity index (χ4n) is 4.43. The van der Waals surface area contributed by atoms with Crippen molar-refractivity contribution < 1.29 is 26.4 Å². The lowest BCUT2D eigenvalue weighted by molar-refractivity contribution is -0.138. The third kappa shape index (κ3) is 5.07. The van der Waals surface area contributed by atoms with E-state index in [-0.39, 0.29) is 29.0 Å². The van der Waals surface area contributed by atoms with Crippen molar-refractivity contribution in [2.24, 2.45) is 0 Å². The van der Waals surface area contributed by atoms with Crippen LogP contribution < -0.4 is 4.90 Å². The zero-order valence-electron chi connectivity index (χ0n) is 19.0. The summed E-state index contributed by atoms with van der Waals surface area (Å²) in [5.41, 5.74) is -0.0141. The van der Waals surface area contributed by atoms with E-state index in [1.165, 1.54) is 41.6 Å². The summed E-state index contributed by atoms with van der Waals surface area (Å²) in [6.07, 6.45) is -2.44. The summed E-state index contributed by atoms with van der Waals surface area (Å²) in [5.74, 6) is 0.0317. The number of benzene rings is 2. The van der Waals surface area contributed by atoms with Crippen LogP contribution in [0.4, 0.5) is 18.9 Å². The van der Waals surface area contributed by atoms with E-state index in [9.17, 15) is 26.4 Å². The zero-order chi connectivity index (χ0) is 24.5. The van der Waals surface area contributed by atoms with Crippen molar-refractivity contribution in [1.29, 1.82) is 0 Å². The van der Waals surface area contributed by atoms with Crippen molar-refractivity contribution in [1.82, 2.24) is 9.21 Å². The zero-order valence-corrected chi connectivity index (χ0v) is 19.8. The van der Waals surface area contributed by atoms with Crippen LogP contribution in [0.25, 0.3) is 0 Å². The van der Waals surface area contributed by atoms with Gasteiger partial charge in [-0.15, -0.1) is 0 Å². The molecule has 1 heterocycles. The van der Waals surface area contributed by atoms with E-state index in [4.69, 9.17) is 0 Å². The van der Waals surface area contributed by atoms with Crippen LogP contribution >= 0.6 is 0 Å². The SMILES string of the molecule is CC(=O)N1CCN(c2ccc(S(=O)(=O)N(Cc3ccccc3C(F)(F)F)C3CCC3)cc2)CC1. The first-order valence-electron chi connectivity index (χ1n) is 11.3. The molecule has 6 nitrogen and oxygen atoms in total. The molecule has 0 unspecified atom stereocenters. The van der Waals surface area contributed by atoms with Gasteiger partial charge < -0.3 is 9.80 Å². The molecule has 1 aliphatic heterocycles. The largest absolute Gasteiger partial charge is 0.416 e. The van der Waals surface area contributed by atoms with Gasteiger partial charge in [-0.1, -0.05) is 24.6 Å². The third-order valence-electron chi connectivity index (χ3n) is 6.66. The molecule has 184 valence electrons. The summed E-state index contributed by atoms with van der Waals surface area (Å²) in [4.78, 5) is 15.4. The molecule has 1 saturated heterocycles. The molecule has 1 amide bonds. The van der Waals surface area contributed by atoms with Crippen LogP contribution in [0.3, 0.4) is 0 Å². The second-order valence-electron chi connectivity index (χ2n) is 8.78. The van der Waals surface area contributed by atoms with Crippen LogP contribution in [0.15, 0.2) is 53.4 Å². The van der Waals surface area contributed by atoms with Gasteiger partial charge in [0.15, 0.2) is 0 Å². The van der Waals surface area contributed by atoms with Gasteiger partial charge in [0.1, 0.15) is 0 Å². The summed E-state index contributed by atoms with van der Waals surface area (Å²) in [6, 6.07) is 11.3. The van der Waals surface area contributed by atoms with E-state index in [1.807, 2.05) is 0 Å². The van der Waals surface area contributed by atoms with Gasteiger partial charge in [0, 0.05) is 51.4 Å². The number of hydrogen-bond donors (Lipinski definition) is 0. The number of nitrogens with zero attached hydrogens (tertiary/aromatic N) is 3. The fraction of sp³-hybridized carbons (Fsp3) is 0.458. The Morgan fingerprint density at radius 2 is 1.62 bits per heavy atom. The van der Waals surface area contributed by atoms with Gasteiger partial charge >= 0.3 is 6.18 Å². The highest BCUT2D eigenvalue weighted by Crippen LogP contribution is 2.36. The highest BCUT2D eigenvalue weighted by molar-refractivity contribution is 7.89. The third-order valence-corrected chi connectivity index (χ3v) is 8.58. The molecule has 2 aromatic carbocycles. The summed E-state index contributed by atoms with van der Waals surface area (Å²) in [7, 11) is -3.99. The molecular weight excluding hydrogens is 467 g/mol. The van der Waals surface area contributed by atoms with Crippen LogP contribution in [-0.2, 0) is 27.5 Å². The van der Waals surface area contributed by atoms with Crippen molar-refractivity contribution in [3.63, 3.8) is 0 Å². The van der Waals surface area contributed by atoms with Crippen molar-refractivity contribution in [2.45, 2.75) is 49.8 Å². The molecule has 34 heavy (non-hydrogen) atoms. The number of alkyl halides is 3. The average Bonchev–Trinajstić information content (AvgIpc) is 2.77. The van der Waals surface area contributed by atoms with E-state index in [1.54, 1.807) is 17.0 Å². The molecule has 4 rings (SSSR count). The molecule has 2 fully saturated rings. The Bertz CT molecular complexity index is 1120. The Labute approximate surface area is 198 Å². The molecule has 0 radical (unpaired) electrons. The summed E-state index contributed by atoms with van der Waals surface area (Å²) < 4.78 is 68.8. The van der Waals surface area contributed by atoms with E-state index in [0.717, 1.165) is 18.2 Å². The Kier molecular flexibility index (Phi) is 6.91. The minimum atomic E-state index is -4.56. The lowest BCUT2D eigenvalue weighted by Gasteiger charge is -2.37. The number of carbonyl (C=O) groups is 1. The number of anilines is 1. The second kappa shape index (κ2) is 9.58. The van der Waals surface area contributed by atoms with Gasteiger partial charge in [0.25, 0.3) is 0 Å². The van der Waals surface area contributed by atoms with E-state index in [2.05, 4.69) is 4.90 Å². The molecule has 1 saturated carbocycles. The maximum atomic E-state index is 13.5. The monoisotopic (exact) mass is 495 g/mol. The Balaban J connectivity index is 1.56. The first-order valence-corrected chi connectivity index (χ1v) is 12.8. The van der Waals surface area contributed by atoms with Crippen molar-refractivity contribution >= 4 is 21.6 Å². The van der Waals surface area contributed by atoms with Gasteiger partial charge in [0.05, 0.1) is 10.5 Å². The molecule has 2 aromatic rings. The smallest absolute Gasteiger partial charge is 0.368 e. The maximum absolute atomic E-state index is 13.5. The van der Waals surface area contributed by atoms with Gasteiger partial charge in [-0.05, 0) is 48.7 Å². The lowest BCUT2D eigenvalue weighted by Crippen LogP contribution is -2.48. The van der Waals surface area contributed by atoms with Crippen LogP contribution in [-0.4, -0.2) is 55.8 Å². The van der Waals surface area contributed by atoms with Gasteiger partial charge in [-0.25, -0.2) is 8.42 Å². The number of halogens is 3. The molecular formula is C24H28F3N3O3S. The van der Waals surface area contributed by atoms with Gasteiger partial charge in [-0.2, -0.15) is 17.5 Å². The molecule has 0 bridgehead atoms. The summed E-state index contributed by atoms with van der Waals surface area (Å²) in [6.45, 7) is 3.71. The summed E-state index contributed by atoms with van der Waals surface area (Å²) >= 11 is 0. The molecule has 0 atom stereocenters. The topological polar surface area (TPSA) is 60.9 Å². The van der Waals surface area contributed by atoms with E-state index >= 15 is 0 Å². The van der Waals surface area contributed by atoms with Crippen LogP contribution in [0.1, 0.15) is 37.3 Å². The van der Waals surface area contributed by atoms with Gasteiger partial charge in [0.2, 0.25) is 15.9 Å². The van der Waals surface area contributed by atoms with E-state index in [0.29, 0.717) is 39.0 Å². The number of piperazine rings is 1. The predicted octanol–water partition coefficient (Wildman–Crippen LogP) is 4.12. The minimum Gasteiger partial charge on any atom is -0.368 e. The number of hydrogen-bond acceptors (Lipinski definition) is 4. The average molecular weight is 496 g/mol. The van der Waals surface area contributed by atoms with E-state index < -0.39 is 21.8 Å². The number of rotatable bonds is 6.